The number of thioether (sulfide) groups is 1. The average Bonchev–Trinajstić information content (AvgIpc) is 2.66. The number of carboxylic acid groups (broad SMARTS) is 1. The summed E-state index contributed by atoms with van der Waals surface area (Å²) in [5, 5.41) is 12.4. The molecule has 1 atom stereocenters. The highest BCUT2D eigenvalue weighted by Gasteiger charge is 2.15. The molecular formula is C23H47NO2S. The maximum Gasteiger partial charge on any atom is 0.320 e. The van der Waals surface area contributed by atoms with Gasteiger partial charge in [0.1, 0.15) is 6.04 Å². The number of rotatable bonds is 22. The Kier molecular flexibility index (Phi) is 21.9. The van der Waals surface area contributed by atoms with Crippen LogP contribution in [0.3, 0.4) is 0 Å². The maximum atomic E-state index is 11.1. The molecule has 0 aliphatic rings. The first-order chi connectivity index (χ1) is 13.2. The number of carbonyl (C=O) groups is 1. The van der Waals surface area contributed by atoms with Crippen LogP contribution in [-0.2, 0) is 4.79 Å². The molecule has 0 radical (unpaired) electrons. The molecule has 0 aromatic rings. The van der Waals surface area contributed by atoms with E-state index >= 15 is 0 Å². The highest BCUT2D eigenvalue weighted by Crippen LogP contribution is 2.13. The third-order valence-corrected chi connectivity index (χ3v) is 5.97. The summed E-state index contributed by atoms with van der Waals surface area (Å²) in [4.78, 5) is 11.1. The summed E-state index contributed by atoms with van der Waals surface area (Å²) in [7, 11) is 0. The van der Waals surface area contributed by atoms with Crippen molar-refractivity contribution in [1.82, 2.24) is 5.32 Å². The van der Waals surface area contributed by atoms with Gasteiger partial charge in [-0.1, -0.05) is 103 Å². The largest absolute Gasteiger partial charge is 0.480 e. The topological polar surface area (TPSA) is 49.3 Å². The van der Waals surface area contributed by atoms with Crippen molar-refractivity contribution in [3.63, 3.8) is 0 Å². The lowest BCUT2D eigenvalue weighted by Gasteiger charge is -2.13. The van der Waals surface area contributed by atoms with Crippen LogP contribution in [0, 0.1) is 0 Å². The Morgan fingerprint density at radius 2 is 1.19 bits per heavy atom. The molecule has 162 valence electrons. The van der Waals surface area contributed by atoms with Crippen molar-refractivity contribution in [3.8, 4) is 0 Å². The van der Waals surface area contributed by atoms with Crippen molar-refractivity contribution in [1.29, 1.82) is 0 Å². The summed E-state index contributed by atoms with van der Waals surface area (Å²) in [6.07, 6.45) is 24.7. The van der Waals surface area contributed by atoms with Crippen LogP contribution >= 0.6 is 11.8 Å². The Labute approximate surface area is 173 Å². The molecule has 0 spiro atoms. The molecule has 0 saturated carbocycles. The highest BCUT2D eigenvalue weighted by molar-refractivity contribution is 7.98. The molecular weight excluding hydrogens is 354 g/mol. The Balaban J connectivity index is 3.21. The quantitative estimate of drug-likeness (QED) is 0.191. The lowest BCUT2D eigenvalue weighted by Crippen LogP contribution is -2.37. The minimum absolute atomic E-state index is 0.367. The van der Waals surface area contributed by atoms with Crippen molar-refractivity contribution in [2.24, 2.45) is 0 Å². The average molecular weight is 402 g/mol. The molecule has 27 heavy (non-hydrogen) atoms. The zero-order valence-electron chi connectivity index (χ0n) is 18.3. The molecule has 0 aromatic heterocycles. The van der Waals surface area contributed by atoms with Crippen molar-refractivity contribution in [2.75, 3.05) is 18.6 Å². The lowest BCUT2D eigenvalue weighted by molar-refractivity contribution is -0.139. The Morgan fingerprint density at radius 3 is 1.56 bits per heavy atom. The van der Waals surface area contributed by atoms with Crippen LogP contribution in [0.15, 0.2) is 0 Å². The Morgan fingerprint density at radius 1 is 0.778 bits per heavy atom. The number of carboxylic acids is 1. The fourth-order valence-corrected chi connectivity index (χ4v) is 3.97. The first-order valence-corrected chi connectivity index (χ1v) is 13.1. The van der Waals surface area contributed by atoms with Gasteiger partial charge in [-0.15, -0.1) is 0 Å². The van der Waals surface area contributed by atoms with Crippen LogP contribution in [0.5, 0.6) is 0 Å². The molecule has 0 aromatic carbocycles. The first-order valence-electron chi connectivity index (χ1n) is 11.7. The van der Waals surface area contributed by atoms with Gasteiger partial charge < -0.3 is 10.4 Å². The van der Waals surface area contributed by atoms with E-state index in [1.54, 1.807) is 11.8 Å². The van der Waals surface area contributed by atoms with Crippen LogP contribution in [0.4, 0.5) is 0 Å². The molecule has 1 unspecified atom stereocenters. The van der Waals surface area contributed by atoms with Crippen molar-refractivity contribution < 1.29 is 9.90 Å². The van der Waals surface area contributed by atoms with E-state index in [4.69, 9.17) is 5.11 Å². The SMILES string of the molecule is CCCCCCCCCCCCCCCCCCNC(CCSC)C(=O)O. The molecule has 0 rings (SSSR count). The molecule has 0 aliphatic carbocycles. The van der Waals surface area contributed by atoms with E-state index in [2.05, 4.69) is 12.2 Å². The van der Waals surface area contributed by atoms with Crippen molar-refractivity contribution in [2.45, 2.75) is 122 Å². The second-order valence-electron chi connectivity index (χ2n) is 7.93. The van der Waals surface area contributed by atoms with Crippen molar-refractivity contribution >= 4 is 17.7 Å². The van der Waals surface area contributed by atoms with Gasteiger partial charge in [0, 0.05) is 0 Å². The maximum absolute atomic E-state index is 11.1. The molecule has 3 nitrogen and oxygen atoms in total. The zero-order chi connectivity index (χ0) is 20.0. The molecule has 0 amide bonds. The van der Waals surface area contributed by atoms with E-state index in [0.29, 0.717) is 0 Å². The molecule has 0 fully saturated rings. The molecule has 2 N–H and O–H groups in total. The van der Waals surface area contributed by atoms with Gasteiger partial charge in [0.25, 0.3) is 0 Å². The van der Waals surface area contributed by atoms with E-state index in [9.17, 15) is 4.79 Å². The molecule has 0 saturated heterocycles. The predicted octanol–water partition coefficient (Wildman–Crippen LogP) is 7.04. The third-order valence-electron chi connectivity index (χ3n) is 5.33. The van der Waals surface area contributed by atoms with Gasteiger partial charge >= 0.3 is 5.97 Å². The normalized spacial score (nSPS) is 12.4. The predicted molar refractivity (Wildman–Crippen MR) is 122 cm³/mol. The minimum Gasteiger partial charge on any atom is -0.480 e. The van der Waals surface area contributed by atoms with E-state index in [1.165, 1.54) is 96.3 Å². The van der Waals surface area contributed by atoms with Gasteiger partial charge in [-0.05, 0) is 31.4 Å². The summed E-state index contributed by atoms with van der Waals surface area (Å²) >= 11 is 1.71. The smallest absolute Gasteiger partial charge is 0.320 e. The van der Waals surface area contributed by atoms with Crippen LogP contribution in [0.1, 0.15) is 116 Å². The second-order valence-corrected chi connectivity index (χ2v) is 8.92. The van der Waals surface area contributed by atoms with E-state index in [1.807, 2.05) is 6.26 Å². The van der Waals surface area contributed by atoms with E-state index in [-0.39, 0.29) is 6.04 Å². The van der Waals surface area contributed by atoms with Crippen LogP contribution < -0.4 is 5.32 Å². The van der Waals surface area contributed by atoms with E-state index in [0.717, 1.165) is 25.1 Å². The fraction of sp³-hybridized carbons (Fsp3) is 0.957. The zero-order valence-corrected chi connectivity index (χ0v) is 19.1. The number of hydrogen-bond acceptors (Lipinski definition) is 3. The van der Waals surface area contributed by atoms with Gasteiger partial charge in [0.05, 0.1) is 0 Å². The van der Waals surface area contributed by atoms with Gasteiger partial charge in [0.2, 0.25) is 0 Å². The Bertz CT molecular complexity index is 313. The number of aliphatic carboxylic acids is 1. The van der Waals surface area contributed by atoms with Crippen LogP contribution in [0.2, 0.25) is 0 Å². The fourth-order valence-electron chi connectivity index (χ4n) is 3.50. The third kappa shape index (κ3) is 20.3. The first kappa shape index (κ1) is 26.8. The summed E-state index contributed by atoms with van der Waals surface area (Å²) < 4.78 is 0. The second kappa shape index (κ2) is 22.1. The lowest BCUT2D eigenvalue weighted by atomic mass is 10.0. The van der Waals surface area contributed by atoms with Gasteiger partial charge in [0.15, 0.2) is 0 Å². The molecule has 0 bridgehead atoms. The highest BCUT2D eigenvalue weighted by atomic mass is 32.2. The molecule has 0 aliphatic heterocycles. The van der Waals surface area contributed by atoms with Crippen LogP contribution in [0.25, 0.3) is 0 Å². The minimum atomic E-state index is -0.708. The number of hydrogen-bond donors (Lipinski definition) is 2. The van der Waals surface area contributed by atoms with E-state index < -0.39 is 5.97 Å². The monoisotopic (exact) mass is 401 g/mol. The molecule has 0 heterocycles. The summed E-state index contributed by atoms with van der Waals surface area (Å²) in [5.41, 5.74) is 0. The summed E-state index contributed by atoms with van der Waals surface area (Å²) in [5.74, 6) is 0.198. The summed E-state index contributed by atoms with van der Waals surface area (Å²) in [6.45, 7) is 3.12. The van der Waals surface area contributed by atoms with Gasteiger partial charge in [-0.25, -0.2) is 0 Å². The number of unbranched alkanes of at least 4 members (excludes halogenated alkanes) is 15. The van der Waals surface area contributed by atoms with Crippen molar-refractivity contribution in [3.05, 3.63) is 0 Å². The van der Waals surface area contributed by atoms with Gasteiger partial charge in [-0.2, -0.15) is 11.8 Å². The van der Waals surface area contributed by atoms with Crippen LogP contribution in [-0.4, -0.2) is 35.7 Å². The number of nitrogens with one attached hydrogen (secondary N) is 1. The molecule has 4 heteroatoms. The Hall–Kier alpha value is -0.220. The standard InChI is InChI=1S/C23H47NO2S/c1-3-4-5-6-7-8-9-10-11-12-13-14-15-16-17-18-20-24-22(23(25)26)19-21-27-2/h22,24H,3-21H2,1-2H3,(H,25,26). The summed E-state index contributed by atoms with van der Waals surface area (Å²) in [6, 6.07) is -0.367. The van der Waals surface area contributed by atoms with Gasteiger partial charge in [-0.3, -0.25) is 4.79 Å².